The van der Waals surface area contributed by atoms with Crippen LogP contribution in [0.2, 0.25) is 0 Å². The lowest BCUT2D eigenvalue weighted by Crippen LogP contribution is -2.08. The minimum absolute atomic E-state index is 0.0247. The number of rotatable bonds is 5. The lowest BCUT2D eigenvalue weighted by atomic mass is 10.1. The van der Waals surface area contributed by atoms with Gasteiger partial charge >= 0.3 is 0 Å². The number of aliphatic hydroxyl groups is 1. The van der Waals surface area contributed by atoms with Crippen LogP contribution >= 0.6 is 0 Å². The topological polar surface area (TPSA) is 99.9 Å². The fourth-order valence-electron chi connectivity index (χ4n) is 1.85. The molecule has 0 aliphatic heterocycles. The zero-order valence-electron chi connectivity index (χ0n) is 10.6. The minimum Gasteiger partial charge on any atom is -0.463 e. The van der Waals surface area contributed by atoms with E-state index in [0.29, 0.717) is 18.3 Å². The summed E-state index contributed by atoms with van der Waals surface area (Å²) >= 11 is 0. The highest BCUT2D eigenvalue weighted by molar-refractivity contribution is 5.76. The van der Waals surface area contributed by atoms with Crippen molar-refractivity contribution in [3.63, 3.8) is 0 Å². The van der Waals surface area contributed by atoms with Gasteiger partial charge in [0, 0.05) is 18.3 Å². The Morgan fingerprint density at radius 1 is 1.35 bits per heavy atom. The van der Waals surface area contributed by atoms with E-state index in [1.165, 1.54) is 0 Å². The van der Waals surface area contributed by atoms with Gasteiger partial charge in [-0.3, -0.25) is 5.10 Å². The summed E-state index contributed by atoms with van der Waals surface area (Å²) in [5.41, 5.74) is 2.32. The number of aromatic amines is 1. The Labute approximate surface area is 114 Å². The third kappa shape index (κ3) is 2.39. The zero-order chi connectivity index (χ0) is 13.8. The van der Waals surface area contributed by atoms with Crippen LogP contribution in [0.25, 0.3) is 22.7 Å². The summed E-state index contributed by atoms with van der Waals surface area (Å²) < 4.78 is 5.37. The van der Waals surface area contributed by atoms with Gasteiger partial charge in [0.1, 0.15) is 5.69 Å². The lowest BCUT2D eigenvalue weighted by Gasteiger charge is -2.04. The standard InChI is InChI=1S/C13H13N5O2/c19-6-5-15-13-14-4-3-10(17-13)9-8-16-18-12(9)11-2-1-7-20-11/h1-4,7-8,19H,5-6H2,(H,16,18)(H,14,15,17). The normalized spacial score (nSPS) is 10.7. The van der Waals surface area contributed by atoms with E-state index in [0.717, 1.165) is 17.0 Å². The highest BCUT2D eigenvalue weighted by Gasteiger charge is 2.13. The molecule has 0 saturated carbocycles. The predicted molar refractivity (Wildman–Crippen MR) is 72.9 cm³/mol. The third-order valence-electron chi connectivity index (χ3n) is 2.73. The molecule has 7 heteroatoms. The van der Waals surface area contributed by atoms with Gasteiger partial charge in [-0.25, -0.2) is 9.97 Å². The largest absolute Gasteiger partial charge is 0.463 e. The summed E-state index contributed by atoms with van der Waals surface area (Å²) in [6.45, 7) is 0.427. The number of aromatic nitrogens is 4. The summed E-state index contributed by atoms with van der Waals surface area (Å²) in [7, 11) is 0. The summed E-state index contributed by atoms with van der Waals surface area (Å²) in [5.74, 6) is 1.16. The maximum atomic E-state index is 8.80. The van der Waals surface area contributed by atoms with Crippen molar-refractivity contribution in [1.29, 1.82) is 0 Å². The highest BCUT2D eigenvalue weighted by atomic mass is 16.3. The summed E-state index contributed by atoms with van der Waals surface area (Å²) in [4.78, 5) is 8.48. The molecule has 3 aromatic rings. The molecule has 0 aliphatic rings. The van der Waals surface area contributed by atoms with Crippen molar-refractivity contribution in [1.82, 2.24) is 20.2 Å². The van der Waals surface area contributed by atoms with E-state index >= 15 is 0 Å². The van der Waals surface area contributed by atoms with Gasteiger partial charge in [0.05, 0.1) is 24.8 Å². The van der Waals surface area contributed by atoms with Crippen molar-refractivity contribution in [3.8, 4) is 22.7 Å². The molecule has 0 radical (unpaired) electrons. The van der Waals surface area contributed by atoms with Gasteiger partial charge in [0.2, 0.25) is 5.95 Å². The van der Waals surface area contributed by atoms with Crippen molar-refractivity contribution < 1.29 is 9.52 Å². The van der Waals surface area contributed by atoms with Gasteiger partial charge in [-0.2, -0.15) is 5.10 Å². The first kappa shape index (κ1) is 12.4. The van der Waals surface area contributed by atoms with Gasteiger partial charge < -0.3 is 14.8 Å². The van der Waals surface area contributed by atoms with Crippen molar-refractivity contribution in [2.75, 3.05) is 18.5 Å². The van der Waals surface area contributed by atoms with E-state index in [1.54, 1.807) is 24.7 Å². The van der Waals surface area contributed by atoms with E-state index in [4.69, 9.17) is 9.52 Å². The quantitative estimate of drug-likeness (QED) is 0.650. The summed E-state index contributed by atoms with van der Waals surface area (Å²) in [6.07, 6.45) is 4.95. The maximum absolute atomic E-state index is 8.80. The predicted octanol–water partition coefficient (Wildman–Crippen LogP) is 1.53. The second-order valence-electron chi connectivity index (χ2n) is 4.05. The molecule has 3 rings (SSSR count). The average molecular weight is 271 g/mol. The molecule has 0 spiro atoms. The Bertz CT molecular complexity index is 678. The van der Waals surface area contributed by atoms with Crippen molar-refractivity contribution in [3.05, 3.63) is 36.9 Å². The van der Waals surface area contributed by atoms with Crippen molar-refractivity contribution in [2.24, 2.45) is 0 Å². The van der Waals surface area contributed by atoms with Crippen LogP contribution in [0.15, 0.2) is 41.3 Å². The molecule has 0 saturated heterocycles. The number of H-pyrrole nitrogens is 1. The van der Waals surface area contributed by atoms with Crippen molar-refractivity contribution in [2.45, 2.75) is 0 Å². The number of anilines is 1. The van der Waals surface area contributed by atoms with Crippen LogP contribution in [0.1, 0.15) is 0 Å². The molecule has 0 amide bonds. The number of nitrogens with one attached hydrogen (secondary N) is 2. The minimum atomic E-state index is 0.0247. The summed E-state index contributed by atoms with van der Waals surface area (Å²) in [6, 6.07) is 5.46. The molecule has 0 aromatic carbocycles. The molecule has 102 valence electrons. The Kier molecular flexibility index (Phi) is 3.42. The molecule has 0 unspecified atom stereocenters. The van der Waals surface area contributed by atoms with Crippen LogP contribution in [-0.2, 0) is 0 Å². The maximum Gasteiger partial charge on any atom is 0.223 e. The Morgan fingerprint density at radius 2 is 2.30 bits per heavy atom. The number of hydrogen-bond acceptors (Lipinski definition) is 6. The van der Waals surface area contributed by atoms with Crippen LogP contribution in [0, 0.1) is 0 Å². The number of furan rings is 1. The van der Waals surface area contributed by atoms with Crippen molar-refractivity contribution >= 4 is 5.95 Å². The Hall–Kier alpha value is -2.67. The molecule has 0 fully saturated rings. The van der Waals surface area contributed by atoms with Gasteiger partial charge in [-0.05, 0) is 18.2 Å². The first-order valence-electron chi connectivity index (χ1n) is 6.14. The summed E-state index contributed by atoms with van der Waals surface area (Å²) in [5, 5.41) is 18.7. The molecule has 20 heavy (non-hydrogen) atoms. The van der Waals surface area contributed by atoms with Gasteiger partial charge in [0.15, 0.2) is 5.76 Å². The Balaban J connectivity index is 1.96. The molecule has 0 atom stereocenters. The molecule has 3 heterocycles. The smallest absolute Gasteiger partial charge is 0.223 e. The number of aliphatic hydroxyl groups excluding tert-OH is 1. The van der Waals surface area contributed by atoms with E-state index in [1.807, 2.05) is 12.1 Å². The molecular weight excluding hydrogens is 258 g/mol. The molecular formula is C13H13N5O2. The lowest BCUT2D eigenvalue weighted by molar-refractivity contribution is 0.311. The average Bonchev–Trinajstić information content (AvgIpc) is 3.15. The number of hydrogen-bond donors (Lipinski definition) is 3. The van der Waals surface area contributed by atoms with E-state index < -0.39 is 0 Å². The molecule has 0 aliphatic carbocycles. The molecule has 3 aromatic heterocycles. The third-order valence-corrected chi connectivity index (χ3v) is 2.73. The Morgan fingerprint density at radius 3 is 3.10 bits per heavy atom. The number of nitrogens with zero attached hydrogens (tertiary/aromatic N) is 3. The van der Waals surface area contributed by atoms with Gasteiger partial charge in [0.25, 0.3) is 0 Å². The monoisotopic (exact) mass is 271 g/mol. The highest BCUT2D eigenvalue weighted by Crippen LogP contribution is 2.29. The first-order chi connectivity index (χ1) is 9.88. The fraction of sp³-hybridized carbons (Fsp3) is 0.154. The zero-order valence-corrected chi connectivity index (χ0v) is 10.6. The van der Waals surface area contributed by atoms with E-state index in [2.05, 4.69) is 25.5 Å². The van der Waals surface area contributed by atoms with Crippen LogP contribution < -0.4 is 5.32 Å². The van der Waals surface area contributed by atoms with E-state index in [9.17, 15) is 0 Å². The second-order valence-corrected chi connectivity index (χ2v) is 4.05. The van der Waals surface area contributed by atoms with Gasteiger partial charge in [-0.15, -0.1) is 0 Å². The first-order valence-corrected chi connectivity index (χ1v) is 6.14. The molecule has 3 N–H and O–H groups in total. The van der Waals surface area contributed by atoms with Crippen LogP contribution in [0.3, 0.4) is 0 Å². The molecule has 0 bridgehead atoms. The molecule has 7 nitrogen and oxygen atoms in total. The van der Waals surface area contributed by atoms with Crippen LogP contribution in [-0.4, -0.2) is 38.4 Å². The van der Waals surface area contributed by atoms with E-state index in [-0.39, 0.29) is 6.61 Å². The van der Waals surface area contributed by atoms with Crippen LogP contribution in [0.4, 0.5) is 5.95 Å². The fourth-order valence-corrected chi connectivity index (χ4v) is 1.85. The van der Waals surface area contributed by atoms with Crippen LogP contribution in [0.5, 0.6) is 0 Å². The second kappa shape index (κ2) is 5.54. The SMILES string of the molecule is OCCNc1nccc(-c2cn[nH]c2-c2ccco2)n1. The van der Waals surface area contributed by atoms with Gasteiger partial charge in [-0.1, -0.05) is 0 Å².